The fourth-order valence-electron chi connectivity index (χ4n) is 3.07. The van der Waals surface area contributed by atoms with Crippen molar-refractivity contribution in [2.45, 2.75) is 33.1 Å². The van der Waals surface area contributed by atoms with Crippen molar-refractivity contribution < 1.29 is 14.3 Å². The van der Waals surface area contributed by atoms with Crippen LogP contribution in [0.25, 0.3) is 0 Å². The Morgan fingerprint density at radius 2 is 1.40 bits per heavy atom. The first-order chi connectivity index (χ1) is 14.1. The molecule has 0 spiro atoms. The molecule has 154 valence electrons. The molecule has 30 heavy (non-hydrogen) atoms. The maximum absolute atomic E-state index is 12.2. The van der Waals surface area contributed by atoms with Crippen LogP contribution < -0.4 is 15.4 Å². The third-order valence-electron chi connectivity index (χ3n) is 4.78. The molecule has 3 aromatic carbocycles. The molecule has 2 N–H and O–H groups in total. The normalized spacial score (nSPS) is 11.1. The van der Waals surface area contributed by atoms with Crippen LogP contribution in [0.5, 0.6) is 11.5 Å². The average molecular weight is 402 g/mol. The van der Waals surface area contributed by atoms with Gasteiger partial charge in [0.05, 0.1) is 11.4 Å². The van der Waals surface area contributed by atoms with Crippen LogP contribution in [0.2, 0.25) is 0 Å². The Morgan fingerprint density at radius 3 is 1.90 bits per heavy atom. The molecule has 0 aliphatic rings. The second-order valence-corrected chi connectivity index (χ2v) is 8.15. The van der Waals surface area contributed by atoms with E-state index in [0.29, 0.717) is 28.4 Å². The van der Waals surface area contributed by atoms with Crippen LogP contribution in [0.1, 0.15) is 43.6 Å². The van der Waals surface area contributed by atoms with E-state index in [9.17, 15) is 9.59 Å². The predicted octanol–water partition coefficient (Wildman–Crippen LogP) is 6.20. The summed E-state index contributed by atoms with van der Waals surface area (Å²) < 4.78 is 5.83. The summed E-state index contributed by atoms with van der Waals surface area (Å²) in [5, 5.41) is 0. The lowest BCUT2D eigenvalue weighted by Gasteiger charge is -2.25. The number of Topliss-reactive ketones (excluding diaryl/α,β-unsaturated/α-hetero) is 1. The molecule has 0 heterocycles. The second kappa shape index (κ2) is 8.41. The number of carbonyl (C=O) groups is 2. The van der Waals surface area contributed by atoms with Gasteiger partial charge in [0.15, 0.2) is 5.78 Å². The minimum absolute atomic E-state index is 0.00739. The Morgan fingerprint density at radius 1 is 0.833 bits per heavy atom. The van der Waals surface area contributed by atoms with Gasteiger partial charge >= 0.3 is 6.03 Å². The van der Waals surface area contributed by atoms with Crippen molar-refractivity contribution in [1.82, 2.24) is 0 Å². The lowest BCUT2D eigenvalue weighted by molar-refractivity contribution is 0.101. The molecule has 0 aromatic heterocycles. The van der Waals surface area contributed by atoms with Gasteiger partial charge in [-0.25, -0.2) is 4.79 Å². The van der Waals surface area contributed by atoms with Crippen molar-refractivity contribution >= 4 is 23.2 Å². The van der Waals surface area contributed by atoms with Crippen molar-refractivity contribution in [3.8, 4) is 11.5 Å². The van der Waals surface area contributed by atoms with Gasteiger partial charge < -0.3 is 10.5 Å². The van der Waals surface area contributed by atoms with Gasteiger partial charge in [-0.15, -0.1) is 0 Å². The average Bonchev–Trinajstić information content (AvgIpc) is 2.69. The van der Waals surface area contributed by atoms with Gasteiger partial charge in [-0.1, -0.05) is 32.9 Å². The predicted molar refractivity (Wildman–Crippen MR) is 120 cm³/mol. The molecule has 3 aromatic rings. The maximum Gasteiger partial charge on any atom is 0.323 e. The first kappa shape index (κ1) is 21.1. The summed E-state index contributed by atoms with van der Waals surface area (Å²) in [5.41, 5.74) is 8.74. The molecule has 0 aliphatic heterocycles. The molecule has 2 amide bonds. The highest BCUT2D eigenvalue weighted by molar-refractivity contribution is 5.98. The quantitative estimate of drug-likeness (QED) is 0.517. The Balaban J connectivity index is 1.84. The van der Waals surface area contributed by atoms with Gasteiger partial charge in [0, 0.05) is 5.56 Å². The lowest BCUT2D eigenvalue weighted by atomic mass is 9.87. The van der Waals surface area contributed by atoms with Crippen LogP contribution in [0, 0.1) is 0 Å². The van der Waals surface area contributed by atoms with Crippen LogP contribution in [0.4, 0.5) is 16.2 Å². The van der Waals surface area contributed by atoms with Gasteiger partial charge in [-0.2, -0.15) is 0 Å². The third kappa shape index (κ3) is 4.87. The largest absolute Gasteiger partial charge is 0.457 e. The molecule has 0 aliphatic carbocycles. The number of ether oxygens (including phenoxy) is 1. The standard InChI is InChI=1S/C25H26N2O3/c1-17(28)18-8-12-22(13-9-18)30-23-14-10-20(11-15-23)27(24(26)29)21-7-5-6-19(16-21)25(2,3)4/h5-16H,1-4H3,(H2,26,29). The topological polar surface area (TPSA) is 72.6 Å². The summed E-state index contributed by atoms with van der Waals surface area (Å²) in [6.45, 7) is 7.89. The number of ketones is 1. The lowest BCUT2D eigenvalue weighted by Crippen LogP contribution is -2.31. The van der Waals surface area contributed by atoms with Crippen LogP contribution in [0.3, 0.4) is 0 Å². The van der Waals surface area contributed by atoms with Gasteiger partial charge in [-0.05, 0) is 78.6 Å². The number of rotatable bonds is 5. The zero-order valence-electron chi connectivity index (χ0n) is 17.7. The molecule has 0 saturated heterocycles. The zero-order valence-corrected chi connectivity index (χ0v) is 17.7. The molecule has 3 rings (SSSR count). The molecule has 0 bridgehead atoms. The van der Waals surface area contributed by atoms with E-state index in [1.807, 2.05) is 24.3 Å². The number of hydrogen-bond donors (Lipinski definition) is 1. The summed E-state index contributed by atoms with van der Waals surface area (Å²) in [4.78, 5) is 25.1. The van der Waals surface area contributed by atoms with Gasteiger partial charge in [0.25, 0.3) is 0 Å². The van der Waals surface area contributed by atoms with Crippen molar-refractivity contribution in [3.63, 3.8) is 0 Å². The third-order valence-corrected chi connectivity index (χ3v) is 4.78. The summed E-state index contributed by atoms with van der Waals surface area (Å²) in [6, 6.07) is 21.3. The number of urea groups is 1. The molecular formula is C25H26N2O3. The summed E-state index contributed by atoms with van der Waals surface area (Å²) in [7, 11) is 0. The molecular weight excluding hydrogens is 376 g/mol. The summed E-state index contributed by atoms with van der Waals surface area (Å²) in [6.07, 6.45) is 0. The van der Waals surface area contributed by atoms with Gasteiger partial charge in [0.1, 0.15) is 11.5 Å². The van der Waals surface area contributed by atoms with Crippen molar-refractivity contribution in [1.29, 1.82) is 0 Å². The molecule has 0 saturated carbocycles. The Hall–Kier alpha value is -3.60. The van der Waals surface area contributed by atoms with E-state index < -0.39 is 6.03 Å². The Kier molecular flexibility index (Phi) is 5.92. The first-order valence-corrected chi connectivity index (χ1v) is 9.74. The SMILES string of the molecule is CC(=O)c1ccc(Oc2ccc(N(C(N)=O)c3cccc(C(C)(C)C)c3)cc2)cc1. The fourth-order valence-corrected chi connectivity index (χ4v) is 3.07. The molecule has 5 nitrogen and oxygen atoms in total. The van der Waals surface area contributed by atoms with Crippen LogP contribution in [-0.4, -0.2) is 11.8 Å². The van der Waals surface area contributed by atoms with E-state index in [-0.39, 0.29) is 11.2 Å². The molecule has 0 radical (unpaired) electrons. The molecule has 0 atom stereocenters. The van der Waals surface area contributed by atoms with Gasteiger partial charge in [0.2, 0.25) is 0 Å². The van der Waals surface area contributed by atoms with E-state index in [1.165, 1.54) is 11.8 Å². The fraction of sp³-hybridized carbons (Fsp3) is 0.200. The minimum Gasteiger partial charge on any atom is -0.457 e. The number of amides is 2. The van der Waals surface area contributed by atoms with Crippen LogP contribution in [0.15, 0.2) is 72.8 Å². The van der Waals surface area contributed by atoms with E-state index in [2.05, 4.69) is 20.8 Å². The van der Waals surface area contributed by atoms with Crippen LogP contribution >= 0.6 is 0 Å². The molecule has 5 heteroatoms. The van der Waals surface area contributed by atoms with E-state index in [4.69, 9.17) is 10.5 Å². The van der Waals surface area contributed by atoms with Crippen LogP contribution in [-0.2, 0) is 5.41 Å². The number of hydrogen-bond acceptors (Lipinski definition) is 3. The number of anilines is 2. The van der Waals surface area contributed by atoms with E-state index in [1.54, 1.807) is 48.5 Å². The number of nitrogens with zero attached hydrogens (tertiary/aromatic N) is 1. The first-order valence-electron chi connectivity index (χ1n) is 9.74. The molecule has 0 fully saturated rings. The number of primary amides is 1. The highest BCUT2D eigenvalue weighted by Crippen LogP contribution is 2.32. The number of nitrogens with two attached hydrogens (primary N) is 1. The smallest absolute Gasteiger partial charge is 0.323 e. The highest BCUT2D eigenvalue weighted by atomic mass is 16.5. The monoisotopic (exact) mass is 402 g/mol. The van der Waals surface area contributed by atoms with Gasteiger partial charge in [-0.3, -0.25) is 9.69 Å². The molecule has 0 unspecified atom stereocenters. The van der Waals surface area contributed by atoms with E-state index >= 15 is 0 Å². The van der Waals surface area contributed by atoms with E-state index in [0.717, 1.165) is 5.56 Å². The Bertz CT molecular complexity index is 1050. The van der Waals surface area contributed by atoms with Crippen molar-refractivity contribution in [2.75, 3.05) is 4.90 Å². The summed E-state index contributed by atoms with van der Waals surface area (Å²) in [5.74, 6) is 1.24. The minimum atomic E-state index is -0.561. The Labute approximate surface area is 177 Å². The maximum atomic E-state index is 12.2. The number of carbonyl (C=O) groups excluding carboxylic acids is 2. The highest BCUT2D eigenvalue weighted by Gasteiger charge is 2.19. The second-order valence-electron chi connectivity index (χ2n) is 8.15. The summed E-state index contributed by atoms with van der Waals surface area (Å²) >= 11 is 0. The van der Waals surface area contributed by atoms with Crippen molar-refractivity contribution in [2.24, 2.45) is 5.73 Å². The van der Waals surface area contributed by atoms with Crippen molar-refractivity contribution in [3.05, 3.63) is 83.9 Å². The number of benzene rings is 3. The zero-order chi connectivity index (χ0) is 21.9.